The van der Waals surface area contributed by atoms with Gasteiger partial charge in [0.15, 0.2) is 0 Å². The lowest BCUT2D eigenvalue weighted by Crippen LogP contribution is -2.49. The van der Waals surface area contributed by atoms with Crippen LogP contribution in [-0.4, -0.2) is 51.8 Å². The zero-order valence-corrected chi connectivity index (χ0v) is 14.6. The molecular formula is C18H21N3O3S. The summed E-state index contributed by atoms with van der Waals surface area (Å²) in [7, 11) is -3.22. The molecule has 1 saturated carbocycles. The molecule has 6 nitrogen and oxygen atoms in total. The van der Waals surface area contributed by atoms with Crippen LogP contribution >= 0.6 is 0 Å². The predicted molar refractivity (Wildman–Crippen MR) is 93.4 cm³/mol. The number of β-amino-alcohol motifs (C(OH)–C–C–N with tert-alkyl or cyclic N) is 1. The molecule has 25 heavy (non-hydrogen) atoms. The Balaban J connectivity index is 1.45. The molecule has 0 amide bonds. The maximum Gasteiger partial charge on any atom is 0.217 e. The highest BCUT2D eigenvalue weighted by Gasteiger charge is 2.46. The van der Waals surface area contributed by atoms with Gasteiger partial charge >= 0.3 is 0 Å². The lowest BCUT2D eigenvalue weighted by molar-refractivity contribution is 0.0342. The van der Waals surface area contributed by atoms with Gasteiger partial charge in [-0.15, -0.1) is 0 Å². The molecule has 3 aliphatic rings. The van der Waals surface area contributed by atoms with Gasteiger partial charge in [0, 0.05) is 24.6 Å². The van der Waals surface area contributed by atoms with Crippen molar-refractivity contribution in [3.05, 3.63) is 42.4 Å². The number of sulfonamides is 1. The Morgan fingerprint density at radius 2 is 1.96 bits per heavy atom. The normalized spacial score (nSPS) is 29.4. The Morgan fingerprint density at radius 3 is 2.72 bits per heavy atom. The lowest BCUT2D eigenvalue weighted by Gasteiger charge is -2.38. The second-order valence-electron chi connectivity index (χ2n) is 7.34. The number of aromatic nitrogens is 2. The first-order valence-electron chi connectivity index (χ1n) is 8.85. The number of nitrogens with zero attached hydrogens (tertiary/aromatic N) is 3. The van der Waals surface area contributed by atoms with Crippen LogP contribution in [0.15, 0.2) is 36.8 Å². The minimum atomic E-state index is -3.22. The molecule has 1 saturated heterocycles. The summed E-state index contributed by atoms with van der Waals surface area (Å²) < 4.78 is 28.6. The zero-order chi connectivity index (χ0) is 17.2. The molecule has 3 heterocycles. The first-order valence-corrected chi connectivity index (χ1v) is 10.4. The Hall–Kier alpha value is -1.70. The van der Waals surface area contributed by atoms with Crippen molar-refractivity contribution in [3.8, 4) is 11.3 Å². The van der Waals surface area contributed by atoms with Crippen molar-refractivity contribution < 1.29 is 13.5 Å². The van der Waals surface area contributed by atoms with Gasteiger partial charge in [-0.3, -0.25) is 0 Å². The van der Waals surface area contributed by atoms with Crippen LogP contribution in [0.25, 0.3) is 11.3 Å². The smallest absolute Gasteiger partial charge is 0.217 e. The lowest BCUT2D eigenvalue weighted by atomic mass is 9.84. The van der Waals surface area contributed by atoms with Crippen LogP contribution in [0.3, 0.4) is 0 Å². The van der Waals surface area contributed by atoms with E-state index in [1.54, 1.807) is 0 Å². The molecule has 0 spiro atoms. The fourth-order valence-electron chi connectivity index (χ4n) is 4.41. The van der Waals surface area contributed by atoms with Crippen molar-refractivity contribution in [2.75, 3.05) is 13.1 Å². The fraction of sp³-hybridized carbons (Fsp3) is 0.500. The molecule has 132 valence electrons. The van der Waals surface area contributed by atoms with Gasteiger partial charge in [0.25, 0.3) is 0 Å². The molecule has 1 N–H and O–H groups in total. The maximum absolute atomic E-state index is 12.5. The fourth-order valence-corrected chi connectivity index (χ4v) is 6.28. The number of piperidine rings is 1. The largest absolute Gasteiger partial charge is 0.391 e. The molecule has 1 aliphatic carbocycles. The quantitative estimate of drug-likeness (QED) is 0.904. The summed E-state index contributed by atoms with van der Waals surface area (Å²) in [5.41, 5.74) is 3.42. The van der Waals surface area contributed by atoms with Crippen LogP contribution in [0.1, 0.15) is 30.9 Å². The second-order valence-corrected chi connectivity index (χ2v) is 9.55. The Labute approximate surface area is 147 Å². The Bertz CT molecular complexity index is 919. The minimum Gasteiger partial charge on any atom is -0.391 e. The highest BCUT2D eigenvalue weighted by atomic mass is 32.2. The highest BCUT2D eigenvalue weighted by molar-refractivity contribution is 7.90. The molecule has 5 rings (SSSR count). The van der Waals surface area contributed by atoms with Crippen LogP contribution in [0.4, 0.5) is 0 Å². The van der Waals surface area contributed by atoms with Gasteiger partial charge in [-0.25, -0.2) is 13.4 Å². The van der Waals surface area contributed by atoms with E-state index >= 15 is 0 Å². The predicted octanol–water partition coefficient (Wildman–Crippen LogP) is 1.63. The third kappa shape index (κ3) is 2.29. The summed E-state index contributed by atoms with van der Waals surface area (Å²) in [6.45, 7) is 0.690. The van der Waals surface area contributed by atoms with Crippen LogP contribution in [0.5, 0.6) is 0 Å². The SMILES string of the molecule is O=S(=O)(C1CC1)N1CCC([C@H]2c3ccccc3-c3cncn32)[C@H](O)C1. The van der Waals surface area contributed by atoms with Gasteiger partial charge in [-0.2, -0.15) is 4.31 Å². The summed E-state index contributed by atoms with van der Waals surface area (Å²) in [5, 5.41) is 10.6. The monoisotopic (exact) mass is 359 g/mol. The number of aliphatic hydroxyl groups excluding tert-OH is 1. The van der Waals surface area contributed by atoms with Crippen molar-refractivity contribution in [2.24, 2.45) is 5.92 Å². The van der Waals surface area contributed by atoms with Crippen LogP contribution in [0, 0.1) is 5.92 Å². The summed E-state index contributed by atoms with van der Waals surface area (Å²) in [4.78, 5) is 4.27. The Kier molecular flexibility index (Phi) is 3.36. The van der Waals surface area contributed by atoms with E-state index < -0.39 is 16.1 Å². The number of hydrogen-bond acceptors (Lipinski definition) is 4. The molecule has 1 unspecified atom stereocenters. The van der Waals surface area contributed by atoms with E-state index in [0.29, 0.717) is 13.0 Å². The van der Waals surface area contributed by atoms with Gasteiger partial charge in [0.2, 0.25) is 10.0 Å². The molecule has 0 radical (unpaired) electrons. The maximum atomic E-state index is 12.5. The molecule has 1 aromatic carbocycles. The van der Waals surface area contributed by atoms with Crippen LogP contribution in [-0.2, 0) is 10.0 Å². The molecule has 2 aromatic rings. The van der Waals surface area contributed by atoms with Crippen molar-refractivity contribution >= 4 is 10.0 Å². The first kappa shape index (κ1) is 15.5. The van der Waals surface area contributed by atoms with E-state index in [4.69, 9.17) is 0 Å². The van der Waals surface area contributed by atoms with Crippen LogP contribution in [0.2, 0.25) is 0 Å². The Morgan fingerprint density at radius 1 is 1.16 bits per heavy atom. The average molecular weight is 359 g/mol. The van der Waals surface area contributed by atoms with E-state index in [0.717, 1.165) is 24.1 Å². The average Bonchev–Trinajstić information content (AvgIpc) is 3.29. The molecule has 2 fully saturated rings. The third-order valence-electron chi connectivity index (χ3n) is 5.83. The van der Waals surface area contributed by atoms with E-state index in [1.165, 1.54) is 9.87 Å². The van der Waals surface area contributed by atoms with Crippen molar-refractivity contribution in [3.63, 3.8) is 0 Å². The number of imidazole rings is 1. The first-order chi connectivity index (χ1) is 12.1. The molecule has 1 aromatic heterocycles. The summed E-state index contributed by atoms with van der Waals surface area (Å²) in [6.07, 6.45) is 5.18. The van der Waals surface area contributed by atoms with Crippen molar-refractivity contribution in [1.82, 2.24) is 13.9 Å². The summed E-state index contributed by atoms with van der Waals surface area (Å²) in [5.74, 6) is -0.0118. The van der Waals surface area contributed by atoms with Gasteiger partial charge in [0.05, 0.1) is 35.6 Å². The molecular weight excluding hydrogens is 338 g/mol. The van der Waals surface area contributed by atoms with Gasteiger partial charge < -0.3 is 9.67 Å². The third-order valence-corrected chi connectivity index (χ3v) is 8.19. The number of benzene rings is 1. The van der Waals surface area contributed by atoms with Gasteiger partial charge in [-0.05, 0) is 24.8 Å². The minimum absolute atomic E-state index is 0.0118. The zero-order valence-electron chi connectivity index (χ0n) is 13.8. The standard InChI is InChI=1S/C18H21N3O3S/c22-17-10-20(25(23,24)12-5-6-12)8-7-15(17)18-14-4-2-1-3-13(14)16-9-19-11-21(16)18/h1-4,9,11-12,15,17-18,22H,5-8,10H2/t15?,17-,18-/m1/s1. The van der Waals surface area contributed by atoms with E-state index in [-0.39, 0.29) is 23.8 Å². The number of fused-ring (bicyclic) bond motifs is 3. The van der Waals surface area contributed by atoms with Gasteiger partial charge in [-0.1, -0.05) is 24.3 Å². The second kappa shape index (κ2) is 5.40. The number of hydrogen-bond donors (Lipinski definition) is 1. The highest BCUT2D eigenvalue weighted by Crippen LogP contribution is 2.46. The molecule has 0 bridgehead atoms. The topological polar surface area (TPSA) is 75.4 Å². The van der Waals surface area contributed by atoms with E-state index in [2.05, 4.69) is 21.7 Å². The van der Waals surface area contributed by atoms with Gasteiger partial charge in [0.1, 0.15) is 0 Å². The number of aliphatic hydroxyl groups is 1. The van der Waals surface area contributed by atoms with Crippen molar-refractivity contribution in [2.45, 2.75) is 36.7 Å². The summed E-state index contributed by atoms with van der Waals surface area (Å²) >= 11 is 0. The molecule has 3 atom stereocenters. The van der Waals surface area contributed by atoms with Crippen molar-refractivity contribution in [1.29, 1.82) is 0 Å². The number of rotatable bonds is 3. The van der Waals surface area contributed by atoms with Crippen LogP contribution < -0.4 is 0 Å². The molecule has 2 aliphatic heterocycles. The summed E-state index contributed by atoms with van der Waals surface area (Å²) in [6, 6.07) is 8.24. The van der Waals surface area contributed by atoms with E-state index in [1.807, 2.05) is 24.7 Å². The molecule has 7 heteroatoms. The van der Waals surface area contributed by atoms with E-state index in [9.17, 15) is 13.5 Å².